The van der Waals surface area contributed by atoms with Gasteiger partial charge in [-0.3, -0.25) is 24.1 Å². The quantitative estimate of drug-likeness (QED) is 0.282. The Morgan fingerprint density at radius 2 is 1.70 bits per heavy atom. The van der Waals surface area contributed by atoms with Gasteiger partial charge in [-0.05, 0) is 30.4 Å². The number of nitrogens with zero attached hydrogens (tertiary/aromatic N) is 1. The minimum Gasteiger partial charge on any atom is -0.497 e. The van der Waals surface area contributed by atoms with Crippen molar-refractivity contribution in [3.63, 3.8) is 0 Å². The van der Waals surface area contributed by atoms with Crippen LogP contribution in [0.1, 0.15) is 12.8 Å². The maximum Gasteiger partial charge on any atom is 0.308 e. The molecular formula is C22H24Br2N2O7. The minimum atomic E-state index is -0.663. The molecule has 0 radical (unpaired) electrons. The van der Waals surface area contributed by atoms with Gasteiger partial charge in [-0.2, -0.15) is 0 Å². The second-order valence-electron chi connectivity index (χ2n) is 8.36. The summed E-state index contributed by atoms with van der Waals surface area (Å²) in [7, 11) is 2.98. The minimum absolute atomic E-state index is 0.0449. The van der Waals surface area contributed by atoms with Gasteiger partial charge in [0.25, 0.3) is 5.91 Å². The summed E-state index contributed by atoms with van der Waals surface area (Å²) in [4.78, 5) is 51.6. The van der Waals surface area contributed by atoms with Crippen LogP contribution < -0.4 is 14.8 Å². The largest absolute Gasteiger partial charge is 0.497 e. The first kappa shape index (κ1) is 24.0. The number of likely N-dealkylation sites (tertiary alicyclic amines) is 1. The fraction of sp³-hybridized carbons (Fsp3) is 0.545. The van der Waals surface area contributed by atoms with Crippen molar-refractivity contribution in [2.75, 3.05) is 32.7 Å². The Kier molecular flexibility index (Phi) is 6.99. The van der Waals surface area contributed by atoms with Crippen LogP contribution in [0.4, 0.5) is 5.69 Å². The standard InChI is InChI=1S/C22H24Br2N2O7/c1-31-10-3-4-13(14(7-10)32-2)25-15(27)9-33-16(28)5-6-26-21(29)17-11-8-12(18(17)22(26)30)20(24)19(11)23/h3-4,7,11-12,17-20H,5-6,8-9H2,1-2H3,(H,25,27)/t11-,12-,17-,18+,19-,20+/m1/s1. The van der Waals surface area contributed by atoms with Gasteiger partial charge in [0.1, 0.15) is 11.5 Å². The van der Waals surface area contributed by atoms with E-state index in [9.17, 15) is 19.2 Å². The van der Waals surface area contributed by atoms with E-state index in [0.717, 1.165) is 6.42 Å². The number of carbonyl (C=O) groups excluding carboxylic acids is 4. The van der Waals surface area contributed by atoms with Crippen molar-refractivity contribution in [3.8, 4) is 11.5 Å². The van der Waals surface area contributed by atoms with E-state index in [4.69, 9.17) is 14.2 Å². The molecule has 0 unspecified atom stereocenters. The number of esters is 1. The monoisotopic (exact) mass is 586 g/mol. The number of carbonyl (C=O) groups is 4. The number of hydrogen-bond acceptors (Lipinski definition) is 7. The number of alkyl halides is 2. The van der Waals surface area contributed by atoms with Crippen molar-refractivity contribution < 1.29 is 33.4 Å². The molecule has 2 bridgehead atoms. The molecule has 11 heteroatoms. The molecule has 33 heavy (non-hydrogen) atoms. The highest BCUT2D eigenvalue weighted by molar-refractivity contribution is 9.12. The third kappa shape index (κ3) is 4.37. The average Bonchev–Trinajstić information content (AvgIpc) is 3.41. The Hall–Kier alpha value is -2.14. The lowest BCUT2D eigenvalue weighted by atomic mass is 9.81. The topological polar surface area (TPSA) is 111 Å². The summed E-state index contributed by atoms with van der Waals surface area (Å²) in [5.41, 5.74) is 0.406. The lowest BCUT2D eigenvalue weighted by Gasteiger charge is -2.28. The Morgan fingerprint density at radius 3 is 2.27 bits per heavy atom. The third-order valence-electron chi connectivity index (χ3n) is 6.66. The first-order chi connectivity index (χ1) is 15.8. The Bertz CT molecular complexity index is 955. The summed E-state index contributed by atoms with van der Waals surface area (Å²) in [6.07, 6.45) is 0.684. The molecule has 4 rings (SSSR count). The molecular weight excluding hydrogens is 564 g/mol. The molecule has 0 spiro atoms. The number of nitrogens with one attached hydrogen (secondary N) is 1. The lowest BCUT2D eigenvalue weighted by molar-refractivity contribution is -0.149. The fourth-order valence-corrected chi connectivity index (χ4v) is 7.01. The molecule has 1 aromatic rings. The summed E-state index contributed by atoms with van der Waals surface area (Å²) in [6, 6.07) is 4.88. The molecule has 1 N–H and O–H groups in total. The Balaban J connectivity index is 1.26. The number of hydrogen-bond donors (Lipinski definition) is 1. The first-order valence-electron chi connectivity index (χ1n) is 10.6. The highest BCUT2D eigenvalue weighted by atomic mass is 79.9. The second-order valence-corrected chi connectivity index (χ2v) is 10.5. The molecule has 1 saturated heterocycles. The van der Waals surface area contributed by atoms with E-state index >= 15 is 0 Å². The number of halogens is 2. The predicted octanol–water partition coefficient (Wildman–Crippen LogP) is 2.35. The smallest absolute Gasteiger partial charge is 0.308 e. The summed E-state index contributed by atoms with van der Waals surface area (Å²) in [5.74, 6) is -1.05. The maximum absolute atomic E-state index is 12.9. The van der Waals surface area contributed by atoms with E-state index in [-0.39, 0.29) is 58.1 Å². The van der Waals surface area contributed by atoms with Crippen LogP contribution >= 0.6 is 31.9 Å². The highest BCUT2D eigenvalue weighted by Gasteiger charge is 2.66. The number of anilines is 1. The van der Waals surface area contributed by atoms with E-state index in [2.05, 4.69) is 37.2 Å². The lowest BCUT2D eigenvalue weighted by Crippen LogP contribution is -2.37. The Morgan fingerprint density at radius 1 is 1.06 bits per heavy atom. The number of rotatable bonds is 8. The molecule has 2 aliphatic carbocycles. The van der Waals surface area contributed by atoms with E-state index < -0.39 is 18.5 Å². The van der Waals surface area contributed by atoms with Gasteiger partial charge in [-0.25, -0.2) is 0 Å². The van der Waals surface area contributed by atoms with Crippen LogP contribution in [0.3, 0.4) is 0 Å². The van der Waals surface area contributed by atoms with Crippen LogP contribution in [0.25, 0.3) is 0 Å². The molecule has 1 aliphatic heterocycles. The average molecular weight is 588 g/mol. The Labute approximate surface area is 207 Å². The van der Waals surface area contributed by atoms with Crippen LogP contribution in [0.15, 0.2) is 18.2 Å². The summed E-state index contributed by atoms with van der Waals surface area (Å²) in [5, 5.41) is 2.61. The van der Waals surface area contributed by atoms with E-state index in [1.54, 1.807) is 18.2 Å². The molecule has 2 saturated carbocycles. The van der Waals surface area contributed by atoms with Crippen molar-refractivity contribution in [1.29, 1.82) is 0 Å². The van der Waals surface area contributed by atoms with Crippen LogP contribution in [0.5, 0.6) is 11.5 Å². The molecule has 6 atom stereocenters. The maximum atomic E-state index is 12.9. The molecule has 3 fully saturated rings. The molecule has 3 aliphatic rings. The zero-order valence-electron chi connectivity index (χ0n) is 18.1. The van der Waals surface area contributed by atoms with E-state index in [1.165, 1.54) is 19.1 Å². The van der Waals surface area contributed by atoms with Gasteiger partial charge < -0.3 is 19.5 Å². The number of fused-ring (bicyclic) bond motifs is 5. The second kappa shape index (κ2) is 9.61. The van der Waals surface area contributed by atoms with Crippen LogP contribution in [-0.2, 0) is 23.9 Å². The van der Waals surface area contributed by atoms with Gasteiger partial charge in [0.2, 0.25) is 11.8 Å². The molecule has 1 aromatic carbocycles. The summed E-state index contributed by atoms with van der Waals surface area (Å²) in [6.45, 7) is -0.543. The molecule has 9 nitrogen and oxygen atoms in total. The van der Waals surface area contributed by atoms with Crippen molar-refractivity contribution in [3.05, 3.63) is 18.2 Å². The summed E-state index contributed by atoms with van der Waals surface area (Å²) < 4.78 is 15.4. The number of imide groups is 1. The van der Waals surface area contributed by atoms with E-state index in [1.807, 2.05) is 0 Å². The van der Waals surface area contributed by atoms with Crippen molar-refractivity contribution in [1.82, 2.24) is 4.90 Å². The number of benzene rings is 1. The normalized spacial score (nSPS) is 29.8. The van der Waals surface area contributed by atoms with Crippen LogP contribution in [0, 0.1) is 23.7 Å². The summed E-state index contributed by atoms with van der Waals surface area (Å²) >= 11 is 7.29. The van der Waals surface area contributed by atoms with Crippen LogP contribution in [0.2, 0.25) is 0 Å². The molecule has 0 aromatic heterocycles. The molecule has 178 valence electrons. The van der Waals surface area contributed by atoms with Crippen molar-refractivity contribution in [2.24, 2.45) is 23.7 Å². The fourth-order valence-electron chi connectivity index (χ4n) is 5.14. The molecule has 3 amide bonds. The van der Waals surface area contributed by atoms with Crippen LogP contribution in [-0.4, -0.2) is 65.6 Å². The number of ether oxygens (including phenoxy) is 3. The zero-order chi connectivity index (χ0) is 23.9. The van der Waals surface area contributed by atoms with Crippen molar-refractivity contribution >= 4 is 61.2 Å². The van der Waals surface area contributed by atoms with Gasteiger partial charge in [0, 0.05) is 22.3 Å². The zero-order valence-corrected chi connectivity index (χ0v) is 21.3. The van der Waals surface area contributed by atoms with E-state index in [0.29, 0.717) is 17.2 Å². The molecule has 1 heterocycles. The number of methoxy groups -OCH3 is 2. The van der Waals surface area contributed by atoms with Crippen molar-refractivity contribution in [2.45, 2.75) is 22.5 Å². The number of amides is 3. The highest BCUT2D eigenvalue weighted by Crippen LogP contribution is 2.60. The van der Waals surface area contributed by atoms with Gasteiger partial charge in [-0.15, -0.1) is 0 Å². The van der Waals surface area contributed by atoms with Gasteiger partial charge in [0.15, 0.2) is 6.61 Å². The van der Waals surface area contributed by atoms with Gasteiger partial charge in [-0.1, -0.05) is 31.9 Å². The van der Waals surface area contributed by atoms with Gasteiger partial charge in [0.05, 0.1) is 38.2 Å². The van der Waals surface area contributed by atoms with Gasteiger partial charge >= 0.3 is 5.97 Å². The SMILES string of the molecule is COc1ccc(NC(=O)COC(=O)CCN2C(=O)[C@@H]3[C@H]4C[C@@H]([C@H](Br)[C@@H]4Br)[C@@H]3C2=O)c(OC)c1. The third-order valence-corrected chi connectivity index (χ3v) is 9.87. The first-order valence-corrected chi connectivity index (χ1v) is 12.4. The predicted molar refractivity (Wildman–Crippen MR) is 124 cm³/mol.